The normalized spacial score (nSPS) is 19.1. The monoisotopic (exact) mass is 276 g/mol. The fraction of sp³-hybridized carbons (Fsp3) is 0.647. The third kappa shape index (κ3) is 3.60. The third-order valence-electron chi connectivity index (χ3n) is 4.60. The average molecular weight is 276 g/mol. The van der Waals surface area contributed by atoms with Crippen molar-refractivity contribution in [3.8, 4) is 0 Å². The molecular formula is C17H28N2O. The number of methoxy groups -OCH3 is 1. The first-order chi connectivity index (χ1) is 9.80. The van der Waals surface area contributed by atoms with Gasteiger partial charge in [0.15, 0.2) is 0 Å². The second-order valence-electron chi connectivity index (χ2n) is 5.77. The van der Waals surface area contributed by atoms with Gasteiger partial charge in [0.1, 0.15) is 0 Å². The van der Waals surface area contributed by atoms with Crippen LogP contribution in [0.3, 0.4) is 0 Å². The van der Waals surface area contributed by atoms with Crippen LogP contribution in [0.4, 0.5) is 0 Å². The van der Waals surface area contributed by atoms with Crippen LogP contribution in [0.2, 0.25) is 0 Å². The van der Waals surface area contributed by atoms with Gasteiger partial charge < -0.3 is 10.5 Å². The molecule has 0 aliphatic carbocycles. The summed E-state index contributed by atoms with van der Waals surface area (Å²) >= 11 is 0. The van der Waals surface area contributed by atoms with Crippen LogP contribution in [0.5, 0.6) is 0 Å². The maximum absolute atomic E-state index is 6.09. The second kappa shape index (κ2) is 7.77. The van der Waals surface area contributed by atoms with Gasteiger partial charge in [0.05, 0.1) is 6.61 Å². The predicted molar refractivity (Wildman–Crippen MR) is 83.5 cm³/mol. The largest absolute Gasteiger partial charge is 0.380 e. The predicted octanol–water partition coefficient (Wildman–Crippen LogP) is 2.95. The first-order valence-corrected chi connectivity index (χ1v) is 7.81. The summed E-state index contributed by atoms with van der Waals surface area (Å²) in [6.45, 7) is 5.98. The van der Waals surface area contributed by atoms with Crippen LogP contribution in [0, 0.1) is 5.92 Å². The fourth-order valence-electron chi connectivity index (χ4n) is 3.29. The highest BCUT2D eigenvalue weighted by molar-refractivity contribution is 5.30. The van der Waals surface area contributed by atoms with Gasteiger partial charge in [-0.25, -0.2) is 0 Å². The maximum Gasteiger partial charge on any atom is 0.0716 e. The summed E-state index contributed by atoms with van der Waals surface area (Å²) in [7, 11) is 1.75. The van der Waals surface area contributed by atoms with Crippen molar-refractivity contribution in [2.45, 2.75) is 38.8 Å². The molecule has 1 atom stereocenters. The van der Waals surface area contributed by atoms with Crippen LogP contribution in [-0.4, -0.2) is 31.6 Å². The van der Waals surface area contributed by atoms with Gasteiger partial charge in [-0.05, 0) is 43.0 Å². The van der Waals surface area contributed by atoms with E-state index >= 15 is 0 Å². The lowest BCUT2D eigenvalue weighted by Crippen LogP contribution is -2.40. The van der Waals surface area contributed by atoms with E-state index in [0.717, 1.165) is 5.92 Å². The molecule has 20 heavy (non-hydrogen) atoms. The maximum atomic E-state index is 6.09. The Morgan fingerprint density at radius 3 is 2.60 bits per heavy atom. The molecule has 1 unspecified atom stereocenters. The molecular weight excluding hydrogens is 248 g/mol. The molecule has 1 fully saturated rings. The molecule has 112 valence electrons. The molecule has 1 aliphatic rings. The summed E-state index contributed by atoms with van der Waals surface area (Å²) < 4.78 is 5.33. The summed E-state index contributed by atoms with van der Waals surface area (Å²) in [6.07, 6.45) is 3.92. The van der Waals surface area contributed by atoms with Gasteiger partial charge in [-0.15, -0.1) is 0 Å². The molecule has 3 nitrogen and oxygen atoms in total. The van der Waals surface area contributed by atoms with Crippen molar-refractivity contribution >= 4 is 0 Å². The minimum Gasteiger partial charge on any atom is -0.380 e. The van der Waals surface area contributed by atoms with Crippen molar-refractivity contribution in [1.29, 1.82) is 0 Å². The average Bonchev–Trinajstić information content (AvgIpc) is 2.51. The summed E-state index contributed by atoms with van der Waals surface area (Å²) in [5.74, 6) is 0.902. The Morgan fingerprint density at radius 1 is 1.30 bits per heavy atom. The van der Waals surface area contributed by atoms with Crippen LogP contribution in [0.1, 0.15) is 43.4 Å². The van der Waals surface area contributed by atoms with Crippen LogP contribution >= 0.6 is 0 Å². The topological polar surface area (TPSA) is 38.5 Å². The zero-order chi connectivity index (χ0) is 14.4. The van der Waals surface area contributed by atoms with Crippen LogP contribution < -0.4 is 5.73 Å². The molecule has 3 heteroatoms. The first kappa shape index (κ1) is 15.5. The van der Waals surface area contributed by atoms with Crippen LogP contribution in [-0.2, 0) is 11.3 Å². The van der Waals surface area contributed by atoms with E-state index in [2.05, 4.69) is 36.1 Å². The molecule has 2 rings (SSSR count). The second-order valence-corrected chi connectivity index (χ2v) is 5.77. The molecule has 0 saturated carbocycles. The third-order valence-corrected chi connectivity index (χ3v) is 4.60. The van der Waals surface area contributed by atoms with Crippen molar-refractivity contribution in [3.63, 3.8) is 0 Å². The van der Waals surface area contributed by atoms with E-state index in [9.17, 15) is 0 Å². The van der Waals surface area contributed by atoms with Crippen molar-refractivity contribution < 1.29 is 4.74 Å². The van der Waals surface area contributed by atoms with E-state index in [0.29, 0.717) is 19.2 Å². The van der Waals surface area contributed by atoms with Gasteiger partial charge in [0.25, 0.3) is 0 Å². The Bertz CT molecular complexity index is 400. The summed E-state index contributed by atoms with van der Waals surface area (Å²) in [4.78, 5) is 2.56. The minimum atomic E-state index is 0.333. The van der Waals surface area contributed by atoms with Crippen LogP contribution in [0.25, 0.3) is 0 Å². The quantitative estimate of drug-likeness (QED) is 0.868. The highest BCUT2D eigenvalue weighted by Crippen LogP contribution is 2.29. The molecule has 0 bridgehead atoms. The summed E-state index contributed by atoms with van der Waals surface area (Å²) in [5, 5.41) is 0. The van der Waals surface area contributed by atoms with E-state index in [1.54, 1.807) is 7.11 Å². The lowest BCUT2D eigenvalue weighted by atomic mass is 9.91. The van der Waals surface area contributed by atoms with E-state index in [4.69, 9.17) is 10.5 Å². The SMILES string of the molecule is CCC1CCN(C(CN)c2ccccc2COC)CC1. The first-order valence-electron chi connectivity index (χ1n) is 7.81. The lowest BCUT2D eigenvalue weighted by Gasteiger charge is -2.37. The highest BCUT2D eigenvalue weighted by Gasteiger charge is 2.25. The zero-order valence-corrected chi connectivity index (χ0v) is 12.8. The van der Waals surface area contributed by atoms with E-state index in [1.807, 2.05) is 0 Å². The number of piperidine rings is 1. The van der Waals surface area contributed by atoms with Gasteiger partial charge in [-0.2, -0.15) is 0 Å². The molecule has 0 radical (unpaired) electrons. The molecule has 1 aromatic carbocycles. The van der Waals surface area contributed by atoms with Crippen molar-refractivity contribution in [1.82, 2.24) is 4.90 Å². The van der Waals surface area contributed by atoms with E-state index < -0.39 is 0 Å². The molecule has 1 aliphatic heterocycles. The highest BCUT2D eigenvalue weighted by atomic mass is 16.5. The Morgan fingerprint density at radius 2 is 2.00 bits per heavy atom. The standard InChI is InChI=1S/C17H28N2O/c1-3-14-8-10-19(11-9-14)17(12-18)16-7-5-4-6-15(16)13-20-2/h4-7,14,17H,3,8-13,18H2,1-2H3. The van der Waals surface area contributed by atoms with Crippen molar-refractivity contribution in [3.05, 3.63) is 35.4 Å². The lowest BCUT2D eigenvalue weighted by molar-refractivity contribution is 0.130. The van der Waals surface area contributed by atoms with Gasteiger partial charge in [0.2, 0.25) is 0 Å². The molecule has 2 N–H and O–H groups in total. The van der Waals surface area contributed by atoms with Gasteiger partial charge >= 0.3 is 0 Å². The molecule has 0 spiro atoms. The number of ether oxygens (including phenoxy) is 1. The molecule has 1 saturated heterocycles. The number of hydrogen-bond acceptors (Lipinski definition) is 3. The molecule has 0 aromatic heterocycles. The summed E-state index contributed by atoms with van der Waals surface area (Å²) in [5.41, 5.74) is 8.69. The number of hydrogen-bond donors (Lipinski definition) is 1. The number of rotatable bonds is 6. The Kier molecular flexibility index (Phi) is 6.02. The van der Waals surface area contributed by atoms with Crippen molar-refractivity contribution in [2.24, 2.45) is 11.7 Å². The number of nitrogens with zero attached hydrogens (tertiary/aromatic N) is 1. The molecule has 0 amide bonds. The van der Waals surface area contributed by atoms with E-state index in [-0.39, 0.29) is 0 Å². The van der Waals surface area contributed by atoms with Gasteiger partial charge in [0, 0.05) is 19.7 Å². The number of nitrogens with two attached hydrogens (primary N) is 1. The zero-order valence-electron chi connectivity index (χ0n) is 12.8. The number of likely N-dealkylation sites (tertiary alicyclic amines) is 1. The van der Waals surface area contributed by atoms with Crippen LogP contribution in [0.15, 0.2) is 24.3 Å². The van der Waals surface area contributed by atoms with Gasteiger partial charge in [-0.3, -0.25) is 4.90 Å². The number of benzene rings is 1. The smallest absolute Gasteiger partial charge is 0.0716 e. The Hall–Kier alpha value is -0.900. The van der Waals surface area contributed by atoms with Crippen molar-refractivity contribution in [2.75, 3.05) is 26.7 Å². The fourth-order valence-corrected chi connectivity index (χ4v) is 3.29. The summed E-state index contributed by atoms with van der Waals surface area (Å²) in [6, 6.07) is 8.88. The Labute approximate surface area is 123 Å². The van der Waals surface area contributed by atoms with E-state index in [1.165, 1.54) is 43.5 Å². The Balaban J connectivity index is 2.12. The molecule has 1 heterocycles. The minimum absolute atomic E-state index is 0.333. The van der Waals surface area contributed by atoms with Gasteiger partial charge in [-0.1, -0.05) is 37.6 Å². The molecule has 1 aromatic rings.